The van der Waals surface area contributed by atoms with Crippen LogP contribution in [0.4, 0.5) is 0 Å². The lowest BCUT2D eigenvalue weighted by atomic mass is 9.99. The first kappa shape index (κ1) is 25.6. The molecule has 11 nitrogen and oxygen atoms in total. The highest BCUT2D eigenvalue weighted by atomic mass is 32.2. The SMILES string of the molecule is C=C(C)CS(=O)(=O)C1O[C@H](COC(C)=O)[C@@H](OC(C)=O)[C@H](OC(C)=O)[C@@H]1OC(C)=O. The van der Waals surface area contributed by atoms with Crippen LogP contribution in [0.2, 0.25) is 0 Å². The fourth-order valence-corrected chi connectivity index (χ4v) is 4.69. The third-order valence-corrected chi connectivity index (χ3v) is 5.73. The van der Waals surface area contributed by atoms with Crippen molar-refractivity contribution >= 4 is 33.7 Å². The maximum Gasteiger partial charge on any atom is 0.303 e. The second-order valence-electron chi connectivity index (χ2n) is 6.83. The molecule has 170 valence electrons. The monoisotopic (exact) mass is 450 g/mol. The Morgan fingerprint density at radius 2 is 1.27 bits per heavy atom. The molecule has 0 saturated carbocycles. The van der Waals surface area contributed by atoms with Gasteiger partial charge in [0.25, 0.3) is 0 Å². The molecule has 30 heavy (non-hydrogen) atoms. The van der Waals surface area contributed by atoms with Crippen molar-refractivity contribution in [2.45, 2.75) is 64.5 Å². The maximum atomic E-state index is 12.9. The van der Waals surface area contributed by atoms with Crippen molar-refractivity contribution in [3.63, 3.8) is 0 Å². The molecule has 0 aromatic rings. The van der Waals surface area contributed by atoms with Gasteiger partial charge in [0.2, 0.25) is 0 Å². The van der Waals surface area contributed by atoms with Crippen molar-refractivity contribution in [2.24, 2.45) is 0 Å². The van der Waals surface area contributed by atoms with Gasteiger partial charge in [-0.2, -0.15) is 0 Å². The molecule has 0 radical (unpaired) electrons. The minimum absolute atomic E-state index is 0.280. The molecule has 0 aromatic carbocycles. The van der Waals surface area contributed by atoms with Gasteiger partial charge in [0, 0.05) is 27.7 Å². The highest BCUT2D eigenvalue weighted by Gasteiger charge is 2.56. The van der Waals surface area contributed by atoms with Crippen LogP contribution < -0.4 is 0 Å². The van der Waals surface area contributed by atoms with Crippen molar-refractivity contribution < 1.29 is 51.3 Å². The molecule has 0 bridgehead atoms. The Morgan fingerprint density at radius 3 is 1.70 bits per heavy atom. The number of hydrogen-bond acceptors (Lipinski definition) is 11. The summed E-state index contributed by atoms with van der Waals surface area (Å²) in [5.41, 5.74) is -1.52. The lowest BCUT2D eigenvalue weighted by Crippen LogP contribution is -2.64. The molecule has 5 atom stereocenters. The van der Waals surface area contributed by atoms with Gasteiger partial charge in [-0.05, 0) is 6.92 Å². The minimum Gasteiger partial charge on any atom is -0.463 e. The number of hydrogen-bond donors (Lipinski definition) is 0. The maximum absolute atomic E-state index is 12.9. The van der Waals surface area contributed by atoms with E-state index in [0.29, 0.717) is 0 Å². The number of sulfone groups is 1. The van der Waals surface area contributed by atoms with Crippen molar-refractivity contribution in [2.75, 3.05) is 12.4 Å². The van der Waals surface area contributed by atoms with E-state index in [-0.39, 0.29) is 5.57 Å². The molecule has 1 heterocycles. The number of ether oxygens (including phenoxy) is 5. The molecule has 0 spiro atoms. The Labute approximate surface area is 174 Å². The van der Waals surface area contributed by atoms with E-state index in [0.717, 1.165) is 27.7 Å². The van der Waals surface area contributed by atoms with Crippen LogP contribution in [0.3, 0.4) is 0 Å². The Bertz CT molecular complexity index is 801. The van der Waals surface area contributed by atoms with E-state index in [1.165, 1.54) is 6.92 Å². The summed E-state index contributed by atoms with van der Waals surface area (Å²) in [6.45, 7) is 8.78. The van der Waals surface area contributed by atoms with Gasteiger partial charge in [-0.25, -0.2) is 8.42 Å². The van der Waals surface area contributed by atoms with E-state index in [2.05, 4.69) is 6.58 Å². The Balaban J connectivity index is 3.52. The molecule has 1 unspecified atom stereocenters. The zero-order valence-electron chi connectivity index (χ0n) is 17.4. The van der Waals surface area contributed by atoms with E-state index in [4.69, 9.17) is 23.7 Å². The van der Waals surface area contributed by atoms with Crippen LogP contribution >= 0.6 is 0 Å². The third-order valence-electron chi connectivity index (χ3n) is 3.75. The smallest absolute Gasteiger partial charge is 0.303 e. The van der Waals surface area contributed by atoms with Gasteiger partial charge < -0.3 is 23.7 Å². The summed E-state index contributed by atoms with van der Waals surface area (Å²) in [6.07, 6.45) is -5.91. The van der Waals surface area contributed by atoms with Crippen molar-refractivity contribution in [1.29, 1.82) is 0 Å². The van der Waals surface area contributed by atoms with Gasteiger partial charge in [-0.15, -0.1) is 0 Å². The molecule has 1 aliphatic heterocycles. The molecule has 0 aromatic heterocycles. The fraction of sp³-hybridized carbons (Fsp3) is 0.667. The van der Waals surface area contributed by atoms with Crippen LogP contribution in [0, 0.1) is 0 Å². The first-order chi connectivity index (χ1) is 13.7. The lowest BCUT2D eigenvalue weighted by Gasteiger charge is -2.44. The lowest BCUT2D eigenvalue weighted by molar-refractivity contribution is -0.238. The molecule has 1 saturated heterocycles. The normalized spacial score (nSPS) is 26.2. The molecular formula is C18H26O11S. The van der Waals surface area contributed by atoms with Crippen LogP contribution in [-0.2, 0) is 52.7 Å². The predicted molar refractivity (Wildman–Crippen MR) is 101 cm³/mol. The molecule has 0 N–H and O–H groups in total. The second kappa shape index (κ2) is 10.5. The molecule has 12 heteroatoms. The van der Waals surface area contributed by atoms with E-state index >= 15 is 0 Å². The van der Waals surface area contributed by atoms with Gasteiger partial charge in [0.05, 0.1) is 5.75 Å². The van der Waals surface area contributed by atoms with Crippen molar-refractivity contribution in [3.8, 4) is 0 Å². The van der Waals surface area contributed by atoms with Crippen LogP contribution in [0.15, 0.2) is 12.2 Å². The Morgan fingerprint density at radius 1 is 0.800 bits per heavy atom. The average molecular weight is 450 g/mol. The summed E-state index contributed by atoms with van der Waals surface area (Å²) in [7, 11) is -4.14. The highest BCUT2D eigenvalue weighted by Crippen LogP contribution is 2.32. The number of esters is 4. The number of rotatable bonds is 8. The second-order valence-corrected chi connectivity index (χ2v) is 8.91. The molecular weight excluding hydrogens is 424 g/mol. The molecule has 1 fully saturated rings. The fourth-order valence-electron chi connectivity index (χ4n) is 2.90. The quantitative estimate of drug-likeness (QED) is 0.281. The summed E-state index contributed by atoms with van der Waals surface area (Å²) in [5.74, 6) is -3.75. The van der Waals surface area contributed by atoms with Gasteiger partial charge in [0.1, 0.15) is 12.7 Å². The number of carbonyl (C=O) groups excluding carboxylic acids is 4. The van der Waals surface area contributed by atoms with Crippen LogP contribution in [0.1, 0.15) is 34.6 Å². The summed E-state index contributed by atoms with van der Waals surface area (Å²) < 4.78 is 51.8. The van der Waals surface area contributed by atoms with Gasteiger partial charge in [0.15, 0.2) is 33.6 Å². The first-order valence-corrected chi connectivity index (χ1v) is 10.6. The van der Waals surface area contributed by atoms with E-state index in [1.54, 1.807) is 0 Å². The predicted octanol–water partition coefficient (Wildman–Crippen LogP) is 0.0604. The summed E-state index contributed by atoms with van der Waals surface area (Å²) in [5, 5.41) is 0. The van der Waals surface area contributed by atoms with E-state index in [9.17, 15) is 27.6 Å². The third kappa shape index (κ3) is 7.41. The largest absolute Gasteiger partial charge is 0.463 e. The van der Waals surface area contributed by atoms with Crippen molar-refractivity contribution in [1.82, 2.24) is 0 Å². The summed E-state index contributed by atoms with van der Waals surface area (Å²) in [6, 6.07) is 0. The minimum atomic E-state index is -4.14. The summed E-state index contributed by atoms with van der Waals surface area (Å²) >= 11 is 0. The zero-order valence-corrected chi connectivity index (χ0v) is 18.2. The summed E-state index contributed by atoms with van der Waals surface area (Å²) in [4.78, 5) is 46.2. The standard InChI is InChI=1S/C18H26O11S/c1-9(2)8-30(23,24)18-17(28-13(6)22)16(27-12(5)21)15(26-11(4)20)14(29-18)7-25-10(3)19/h14-18H,1,7-8H2,2-6H3/t14-,15-,16+,17+,18?/m1/s1. The molecule has 1 rings (SSSR count). The van der Waals surface area contributed by atoms with Crippen LogP contribution in [0.25, 0.3) is 0 Å². The van der Waals surface area contributed by atoms with Gasteiger partial charge in [-0.3, -0.25) is 19.2 Å². The topological polar surface area (TPSA) is 149 Å². The Kier molecular flexibility index (Phi) is 8.97. The molecule has 0 amide bonds. The Hall–Kier alpha value is -2.47. The van der Waals surface area contributed by atoms with E-state index < -0.39 is 75.9 Å². The van der Waals surface area contributed by atoms with E-state index in [1.807, 2.05) is 0 Å². The zero-order chi connectivity index (χ0) is 23.2. The van der Waals surface area contributed by atoms with Gasteiger partial charge >= 0.3 is 23.9 Å². The first-order valence-electron chi connectivity index (χ1n) is 8.91. The van der Waals surface area contributed by atoms with Crippen LogP contribution in [-0.4, -0.2) is 74.5 Å². The number of carbonyl (C=O) groups is 4. The highest BCUT2D eigenvalue weighted by molar-refractivity contribution is 7.92. The van der Waals surface area contributed by atoms with Crippen molar-refractivity contribution in [3.05, 3.63) is 12.2 Å². The average Bonchev–Trinajstić information content (AvgIpc) is 2.54. The molecule has 1 aliphatic rings. The van der Waals surface area contributed by atoms with Crippen LogP contribution in [0.5, 0.6) is 0 Å². The molecule has 0 aliphatic carbocycles. The van der Waals surface area contributed by atoms with Gasteiger partial charge in [-0.1, -0.05) is 12.2 Å².